The van der Waals surface area contributed by atoms with Crippen LogP contribution in [0, 0.1) is 0 Å². The van der Waals surface area contributed by atoms with Crippen LogP contribution in [0.5, 0.6) is 0 Å². The molecule has 1 rings (SSSR count). The minimum Gasteiger partial charge on any atom is -0.454 e. The minimum atomic E-state index is -1.62. The first-order valence-electron chi connectivity index (χ1n) is 26.1. The van der Waals surface area contributed by atoms with E-state index in [0.29, 0.717) is 12.8 Å². The Balaban J connectivity index is 2.80. The molecule has 11 heteroatoms. The Kier molecular flexibility index (Phi) is 39.7. The van der Waals surface area contributed by atoms with Gasteiger partial charge in [0.25, 0.3) is 0 Å². The Morgan fingerprint density at radius 1 is 0.615 bits per heavy atom. The van der Waals surface area contributed by atoms with Crippen molar-refractivity contribution in [3.8, 4) is 0 Å². The van der Waals surface area contributed by atoms with Crippen molar-refractivity contribution in [3.63, 3.8) is 0 Å². The van der Waals surface area contributed by atoms with Gasteiger partial charge in [-0.15, -0.1) is 0 Å². The van der Waals surface area contributed by atoms with Crippen molar-refractivity contribution in [2.24, 2.45) is 0 Å². The average molecular weight is 918 g/mol. The van der Waals surface area contributed by atoms with Crippen molar-refractivity contribution >= 4 is 11.9 Å². The molecule has 1 aliphatic heterocycles. The van der Waals surface area contributed by atoms with Gasteiger partial charge in [-0.1, -0.05) is 184 Å². The molecule has 0 spiro atoms. The van der Waals surface area contributed by atoms with E-state index in [9.17, 15) is 35.1 Å². The van der Waals surface area contributed by atoms with Crippen LogP contribution in [0.1, 0.15) is 207 Å². The molecule has 1 saturated heterocycles. The van der Waals surface area contributed by atoms with Crippen LogP contribution in [0.3, 0.4) is 0 Å². The summed E-state index contributed by atoms with van der Waals surface area (Å²) in [6, 6.07) is -1.03. The molecular weight excluding hydrogens is 823 g/mol. The number of rotatable bonds is 42. The summed E-state index contributed by atoms with van der Waals surface area (Å²) in [5, 5.41) is 56.5. The maximum absolute atomic E-state index is 13.3. The molecule has 1 aliphatic rings. The summed E-state index contributed by atoms with van der Waals surface area (Å²) in [5.74, 6) is -1.23. The van der Waals surface area contributed by atoms with Gasteiger partial charge in [0.1, 0.15) is 24.4 Å². The van der Waals surface area contributed by atoms with Crippen molar-refractivity contribution < 1.29 is 49.3 Å². The molecular formula is C54H95NO10. The molecule has 0 bridgehead atoms. The number of unbranched alkanes of at least 4 members (excludes halogenated alkanes) is 20. The molecule has 0 saturated carbocycles. The van der Waals surface area contributed by atoms with Gasteiger partial charge in [-0.25, -0.2) is 0 Å². The molecule has 8 unspecified atom stereocenters. The average Bonchev–Trinajstić information content (AvgIpc) is 3.30. The molecule has 6 N–H and O–H groups in total. The SMILES string of the molecule is CC/C=C/C/C=C/C/C=C/CCCCCCC(=O)OC1C(OCC(NC(=O)C(O)CCCCCC/C=C\CCCC)C(O)/C=C/CCCCCCCCCCCC)OC(CO)C(O)C1O. The summed E-state index contributed by atoms with van der Waals surface area (Å²) < 4.78 is 17.5. The number of ether oxygens (including phenoxy) is 3. The summed E-state index contributed by atoms with van der Waals surface area (Å²) in [4.78, 5) is 26.3. The van der Waals surface area contributed by atoms with Gasteiger partial charge >= 0.3 is 5.97 Å². The lowest BCUT2D eigenvalue weighted by atomic mass is 9.99. The van der Waals surface area contributed by atoms with Crippen molar-refractivity contribution in [2.75, 3.05) is 13.2 Å². The van der Waals surface area contributed by atoms with E-state index in [-0.39, 0.29) is 19.4 Å². The van der Waals surface area contributed by atoms with E-state index in [1.54, 1.807) is 6.08 Å². The van der Waals surface area contributed by atoms with Crippen LogP contribution >= 0.6 is 0 Å². The van der Waals surface area contributed by atoms with Crippen LogP contribution in [-0.4, -0.2) is 99.6 Å². The van der Waals surface area contributed by atoms with Crippen LogP contribution in [0.25, 0.3) is 0 Å². The monoisotopic (exact) mass is 918 g/mol. The van der Waals surface area contributed by atoms with E-state index in [4.69, 9.17) is 14.2 Å². The normalized spacial score (nSPS) is 20.8. The summed E-state index contributed by atoms with van der Waals surface area (Å²) in [6.45, 7) is 5.57. The molecule has 1 fully saturated rings. The topological polar surface area (TPSA) is 175 Å². The summed E-state index contributed by atoms with van der Waals surface area (Å²) in [7, 11) is 0. The second-order valence-electron chi connectivity index (χ2n) is 17.9. The van der Waals surface area contributed by atoms with Gasteiger partial charge in [-0.05, 0) is 77.0 Å². The second-order valence-corrected chi connectivity index (χ2v) is 17.9. The number of allylic oxidation sites excluding steroid dienone is 9. The van der Waals surface area contributed by atoms with Gasteiger partial charge in [0.2, 0.25) is 5.91 Å². The fourth-order valence-electron chi connectivity index (χ4n) is 7.70. The molecule has 376 valence electrons. The van der Waals surface area contributed by atoms with Gasteiger partial charge in [-0.3, -0.25) is 9.59 Å². The Labute approximate surface area is 395 Å². The Morgan fingerprint density at radius 2 is 1.12 bits per heavy atom. The standard InChI is InChI=1S/C54H95NO10/c1-4-7-10-13-16-19-22-24-25-27-30-33-36-39-42-49(59)65-52-51(61)50(60)48(43-56)64-54(52)63-44-45(46(57)40-37-34-31-29-26-23-20-17-14-11-8-5-2)55-53(62)47(58)41-38-35-32-28-21-18-15-12-9-6-3/h7,10,15-16,18-19,24-25,37,40,45-48,50-52,54,56-58,60-61H,4-6,8-9,11-14,17,20-23,26-36,38-39,41-44H2,1-3H3,(H,55,62)/b10-7+,18-15-,19-16+,25-24+,40-37+. The quantitative estimate of drug-likeness (QED) is 0.0196. The Bertz CT molecular complexity index is 1280. The highest BCUT2D eigenvalue weighted by molar-refractivity contribution is 5.80. The molecule has 1 amide bonds. The lowest BCUT2D eigenvalue weighted by Gasteiger charge is -2.41. The first-order valence-corrected chi connectivity index (χ1v) is 26.1. The zero-order chi connectivity index (χ0) is 47.6. The largest absolute Gasteiger partial charge is 0.454 e. The lowest BCUT2D eigenvalue weighted by Crippen LogP contribution is -2.61. The number of carbonyl (C=O) groups excluding carboxylic acids is 2. The molecule has 11 nitrogen and oxygen atoms in total. The predicted octanol–water partition coefficient (Wildman–Crippen LogP) is 10.7. The number of carbonyl (C=O) groups is 2. The molecule has 0 radical (unpaired) electrons. The summed E-state index contributed by atoms with van der Waals surface area (Å²) in [6.07, 6.45) is 39.9. The first-order chi connectivity index (χ1) is 31.7. The second kappa shape index (κ2) is 42.7. The van der Waals surface area contributed by atoms with E-state index in [1.807, 2.05) is 6.08 Å². The van der Waals surface area contributed by atoms with Crippen molar-refractivity contribution in [1.82, 2.24) is 5.32 Å². The molecule has 0 aliphatic carbocycles. The van der Waals surface area contributed by atoms with Crippen LogP contribution in [0.2, 0.25) is 0 Å². The van der Waals surface area contributed by atoms with Crippen LogP contribution in [-0.2, 0) is 23.8 Å². The van der Waals surface area contributed by atoms with Crippen molar-refractivity contribution in [3.05, 3.63) is 60.8 Å². The highest BCUT2D eigenvalue weighted by Gasteiger charge is 2.47. The van der Waals surface area contributed by atoms with E-state index in [0.717, 1.165) is 96.3 Å². The molecule has 65 heavy (non-hydrogen) atoms. The number of nitrogens with one attached hydrogen (secondary N) is 1. The van der Waals surface area contributed by atoms with E-state index >= 15 is 0 Å². The predicted molar refractivity (Wildman–Crippen MR) is 264 cm³/mol. The van der Waals surface area contributed by atoms with Gasteiger partial charge in [-0.2, -0.15) is 0 Å². The summed E-state index contributed by atoms with van der Waals surface area (Å²) in [5.41, 5.74) is 0. The molecule has 0 aromatic rings. The van der Waals surface area contributed by atoms with Gasteiger partial charge in [0.05, 0.1) is 25.4 Å². The number of aliphatic hydroxyl groups excluding tert-OH is 5. The van der Waals surface area contributed by atoms with Crippen LogP contribution < -0.4 is 5.32 Å². The molecule has 8 atom stereocenters. The molecule has 0 aromatic heterocycles. The fraction of sp³-hybridized carbons (Fsp3) is 0.778. The van der Waals surface area contributed by atoms with Crippen molar-refractivity contribution in [1.29, 1.82) is 0 Å². The maximum atomic E-state index is 13.3. The Morgan fingerprint density at radius 3 is 1.72 bits per heavy atom. The smallest absolute Gasteiger partial charge is 0.306 e. The number of amides is 1. The highest BCUT2D eigenvalue weighted by atomic mass is 16.7. The molecule has 0 aromatic carbocycles. The molecule has 1 heterocycles. The number of aliphatic hydroxyl groups is 5. The fourth-order valence-corrected chi connectivity index (χ4v) is 7.70. The number of hydrogen-bond acceptors (Lipinski definition) is 10. The zero-order valence-corrected chi connectivity index (χ0v) is 41.1. The third kappa shape index (κ3) is 31.9. The number of hydrogen-bond donors (Lipinski definition) is 6. The van der Waals surface area contributed by atoms with Crippen LogP contribution in [0.4, 0.5) is 0 Å². The lowest BCUT2D eigenvalue weighted by molar-refractivity contribution is -0.305. The zero-order valence-electron chi connectivity index (χ0n) is 41.1. The van der Waals surface area contributed by atoms with E-state index < -0.39 is 67.4 Å². The highest BCUT2D eigenvalue weighted by Crippen LogP contribution is 2.26. The number of esters is 1. The maximum Gasteiger partial charge on any atom is 0.306 e. The van der Waals surface area contributed by atoms with E-state index in [1.165, 1.54) is 64.2 Å². The third-order valence-corrected chi connectivity index (χ3v) is 11.9. The Hall–Kier alpha value is -2.64. The third-order valence-electron chi connectivity index (χ3n) is 11.9. The first kappa shape index (κ1) is 60.4. The van der Waals surface area contributed by atoms with E-state index in [2.05, 4.69) is 74.7 Å². The van der Waals surface area contributed by atoms with Gasteiger partial charge in [0.15, 0.2) is 12.4 Å². The van der Waals surface area contributed by atoms with Gasteiger partial charge in [0, 0.05) is 6.42 Å². The summed E-state index contributed by atoms with van der Waals surface area (Å²) >= 11 is 0. The van der Waals surface area contributed by atoms with Crippen molar-refractivity contribution in [2.45, 2.75) is 256 Å². The van der Waals surface area contributed by atoms with Crippen LogP contribution in [0.15, 0.2) is 60.8 Å². The van der Waals surface area contributed by atoms with Gasteiger partial charge < -0.3 is 45.1 Å². The minimum absolute atomic E-state index is 0.0950.